The molecule has 0 aliphatic carbocycles. The van der Waals surface area contributed by atoms with Crippen LogP contribution >= 0.6 is 0 Å². The highest BCUT2D eigenvalue weighted by Crippen LogP contribution is 2.27. The minimum absolute atomic E-state index is 0.126. The Morgan fingerprint density at radius 2 is 2.00 bits per heavy atom. The quantitative estimate of drug-likeness (QED) is 0.659. The van der Waals surface area contributed by atoms with Crippen molar-refractivity contribution in [3.8, 4) is 11.1 Å². The molecular formula is C23H25N5O3. The van der Waals surface area contributed by atoms with E-state index in [9.17, 15) is 9.59 Å². The molecule has 1 aliphatic heterocycles. The first-order valence-corrected chi connectivity index (χ1v) is 10.2. The second-order valence-corrected chi connectivity index (χ2v) is 7.73. The standard InChI is InChI=1S/C23H25N5O3/c1-16-6-8-18(9-7-16)19-5-3-4-17(12-19)13-23(22(30)24-2)14-28(10-11-31-23)21(29)20-25-15-26-27-20/h3-9,12,15H,10-11,13-14H2,1-2H3,(H,24,30)(H,25,26,27). The van der Waals surface area contributed by atoms with Crippen molar-refractivity contribution in [3.05, 3.63) is 71.8 Å². The molecule has 2 heterocycles. The number of nitrogens with one attached hydrogen (secondary N) is 2. The van der Waals surface area contributed by atoms with Gasteiger partial charge in [-0.3, -0.25) is 14.7 Å². The van der Waals surface area contributed by atoms with Crippen LogP contribution in [0, 0.1) is 6.92 Å². The Labute approximate surface area is 180 Å². The summed E-state index contributed by atoms with van der Waals surface area (Å²) in [5.41, 5.74) is 3.14. The van der Waals surface area contributed by atoms with E-state index in [4.69, 9.17) is 4.74 Å². The number of rotatable bonds is 5. The smallest absolute Gasteiger partial charge is 0.291 e. The number of H-pyrrole nitrogens is 1. The summed E-state index contributed by atoms with van der Waals surface area (Å²) in [5, 5.41) is 9.04. The van der Waals surface area contributed by atoms with Crippen LogP contribution in [0.15, 0.2) is 54.9 Å². The second-order valence-electron chi connectivity index (χ2n) is 7.73. The first-order chi connectivity index (χ1) is 15.0. The zero-order valence-corrected chi connectivity index (χ0v) is 17.6. The zero-order valence-electron chi connectivity index (χ0n) is 17.6. The maximum atomic E-state index is 12.9. The van der Waals surface area contributed by atoms with Crippen LogP contribution in [0.4, 0.5) is 0 Å². The number of aromatic nitrogens is 3. The fraction of sp³-hybridized carbons (Fsp3) is 0.304. The van der Waals surface area contributed by atoms with Gasteiger partial charge in [0.1, 0.15) is 6.33 Å². The number of carbonyl (C=O) groups excluding carboxylic acids is 2. The van der Waals surface area contributed by atoms with Crippen LogP contribution in [0.5, 0.6) is 0 Å². The molecule has 2 amide bonds. The van der Waals surface area contributed by atoms with Gasteiger partial charge in [-0.1, -0.05) is 54.1 Å². The second kappa shape index (κ2) is 8.69. The van der Waals surface area contributed by atoms with Gasteiger partial charge in [-0.25, -0.2) is 4.98 Å². The van der Waals surface area contributed by atoms with Crippen molar-refractivity contribution in [3.63, 3.8) is 0 Å². The molecule has 0 saturated carbocycles. The maximum Gasteiger partial charge on any atom is 0.291 e. The van der Waals surface area contributed by atoms with Crippen molar-refractivity contribution < 1.29 is 14.3 Å². The van der Waals surface area contributed by atoms with E-state index in [1.807, 2.05) is 18.2 Å². The zero-order chi connectivity index (χ0) is 21.8. The summed E-state index contributed by atoms with van der Waals surface area (Å²) in [6.07, 6.45) is 1.63. The predicted octanol–water partition coefficient (Wildman–Crippen LogP) is 1.98. The Balaban J connectivity index is 1.61. The van der Waals surface area contributed by atoms with Gasteiger partial charge in [0.05, 0.1) is 13.2 Å². The lowest BCUT2D eigenvalue weighted by molar-refractivity contribution is -0.156. The number of likely N-dealkylation sites (N-methyl/N-ethyl adjacent to an activating group) is 1. The summed E-state index contributed by atoms with van der Waals surface area (Å²) in [5.74, 6) is -0.417. The molecule has 1 saturated heterocycles. The summed E-state index contributed by atoms with van der Waals surface area (Å²) in [7, 11) is 1.58. The number of benzene rings is 2. The molecule has 3 aromatic rings. The molecule has 0 spiro atoms. The number of hydrogen-bond donors (Lipinski definition) is 2. The van der Waals surface area contributed by atoms with Crippen molar-refractivity contribution in [1.29, 1.82) is 0 Å². The van der Waals surface area contributed by atoms with Gasteiger partial charge in [0.25, 0.3) is 11.8 Å². The summed E-state index contributed by atoms with van der Waals surface area (Å²) >= 11 is 0. The highest BCUT2D eigenvalue weighted by Gasteiger charge is 2.45. The number of aryl methyl sites for hydroxylation is 1. The van der Waals surface area contributed by atoms with Crippen molar-refractivity contribution in [2.45, 2.75) is 18.9 Å². The Kier molecular flexibility index (Phi) is 5.81. The van der Waals surface area contributed by atoms with E-state index >= 15 is 0 Å². The van der Waals surface area contributed by atoms with Crippen LogP contribution < -0.4 is 5.32 Å². The van der Waals surface area contributed by atoms with E-state index in [0.29, 0.717) is 13.0 Å². The topological polar surface area (TPSA) is 100 Å². The van der Waals surface area contributed by atoms with Crippen molar-refractivity contribution in [2.24, 2.45) is 0 Å². The van der Waals surface area contributed by atoms with E-state index in [0.717, 1.165) is 16.7 Å². The van der Waals surface area contributed by atoms with E-state index in [1.165, 1.54) is 11.9 Å². The number of morpholine rings is 1. The van der Waals surface area contributed by atoms with Crippen LogP contribution in [-0.2, 0) is 16.0 Å². The molecular weight excluding hydrogens is 394 g/mol. The molecule has 4 rings (SSSR count). The molecule has 8 nitrogen and oxygen atoms in total. The van der Waals surface area contributed by atoms with E-state index in [2.05, 4.69) is 57.8 Å². The van der Waals surface area contributed by atoms with Crippen molar-refractivity contribution in [2.75, 3.05) is 26.7 Å². The molecule has 1 atom stereocenters. The molecule has 2 aromatic carbocycles. The van der Waals surface area contributed by atoms with Crippen LogP contribution in [0.2, 0.25) is 0 Å². The molecule has 160 valence electrons. The highest BCUT2D eigenvalue weighted by molar-refractivity contribution is 5.92. The fourth-order valence-electron chi connectivity index (χ4n) is 3.90. The molecule has 31 heavy (non-hydrogen) atoms. The largest absolute Gasteiger partial charge is 0.361 e. The minimum atomic E-state index is -1.19. The summed E-state index contributed by atoms with van der Waals surface area (Å²) < 4.78 is 6.03. The number of nitrogens with zero attached hydrogens (tertiary/aromatic N) is 3. The molecule has 1 aliphatic rings. The van der Waals surface area contributed by atoms with Gasteiger partial charge in [0.2, 0.25) is 5.82 Å². The third-order valence-electron chi connectivity index (χ3n) is 5.53. The first kappa shape index (κ1) is 20.7. The lowest BCUT2D eigenvalue weighted by Crippen LogP contribution is -2.61. The summed E-state index contributed by atoms with van der Waals surface area (Å²) in [6, 6.07) is 16.4. The average molecular weight is 419 g/mol. The summed E-state index contributed by atoms with van der Waals surface area (Å²) in [6.45, 7) is 2.81. The first-order valence-electron chi connectivity index (χ1n) is 10.2. The van der Waals surface area contributed by atoms with Gasteiger partial charge in [0, 0.05) is 20.0 Å². The molecule has 2 N–H and O–H groups in total. The maximum absolute atomic E-state index is 12.9. The highest BCUT2D eigenvalue weighted by atomic mass is 16.5. The average Bonchev–Trinajstić information content (AvgIpc) is 3.34. The molecule has 1 unspecified atom stereocenters. The predicted molar refractivity (Wildman–Crippen MR) is 115 cm³/mol. The van der Waals surface area contributed by atoms with Gasteiger partial charge in [-0.2, -0.15) is 5.10 Å². The number of ether oxygens (including phenoxy) is 1. The molecule has 1 fully saturated rings. The van der Waals surface area contributed by atoms with Crippen molar-refractivity contribution in [1.82, 2.24) is 25.4 Å². The van der Waals surface area contributed by atoms with Crippen LogP contribution in [0.3, 0.4) is 0 Å². The lowest BCUT2D eigenvalue weighted by Gasteiger charge is -2.41. The summed E-state index contributed by atoms with van der Waals surface area (Å²) in [4.78, 5) is 31.2. The number of amides is 2. The van der Waals surface area contributed by atoms with Gasteiger partial charge < -0.3 is 15.0 Å². The van der Waals surface area contributed by atoms with Crippen LogP contribution in [0.1, 0.15) is 21.7 Å². The van der Waals surface area contributed by atoms with Gasteiger partial charge >= 0.3 is 0 Å². The van der Waals surface area contributed by atoms with Crippen LogP contribution in [0.25, 0.3) is 11.1 Å². The van der Waals surface area contributed by atoms with Gasteiger partial charge in [-0.15, -0.1) is 0 Å². The fourth-order valence-corrected chi connectivity index (χ4v) is 3.90. The monoisotopic (exact) mass is 419 g/mol. The third-order valence-corrected chi connectivity index (χ3v) is 5.53. The lowest BCUT2D eigenvalue weighted by atomic mass is 9.89. The Bertz CT molecular complexity index is 1070. The number of aromatic amines is 1. The Morgan fingerprint density at radius 1 is 1.19 bits per heavy atom. The Hall–Kier alpha value is -3.52. The van der Waals surface area contributed by atoms with Gasteiger partial charge in [-0.05, 0) is 23.6 Å². The van der Waals surface area contributed by atoms with Gasteiger partial charge in [0.15, 0.2) is 5.60 Å². The normalized spacial score (nSPS) is 18.6. The van der Waals surface area contributed by atoms with Crippen molar-refractivity contribution >= 4 is 11.8 Å². The van der Waals surface area contributed by atoms with E-state index in [1.54, 1.807) is 11.9 Å². The third kappa shape index (κ3) is 4.34. The molecule has 0 bridgehead atoms. The van der Waals surface area contributed by atoms with E-state index < -0.39 is 5.60 Å². The minimum Gasteiger partial charge on any atom is -0.361 e. The molecule has 0 radical (unpaired) electrons. The number of hydrogen-bond acceptors (Lipinski definition) is 5. The van der Waals surface area contributed by atoms with Crippen LogP contribution in [-0.4, -0.2) is 64.2 Å². The SMILES string of the molecule is CNC(=O)C1(Cc2cccc(-c3ccc(C)cc3)c2)CN(C(=O)c2ncn[nH]2)CCO1. The number of carbonyl (C=O) groups is 2. The molecule has 8 heteroatoms. The van der Waals surface area contributed by atoms with E-state index in [-0.39, 0.29) is 30.8 Å². The Morgan fingerprint density at radius 3 is 2.71 bits per heavy atom. The molecule has 1 aromatic heterocycles.